The molecule has 0 saturated heterocycles. The molecule has 0 fully saturated rings. The SMILES string of the molecule is COc1ccc(C(=O)NC(=O)COC(=O)c2cccc(C(F)(F)F)c2)cc1. The van der Waals surface area contributed by atoms with Crippen LogP contribution in [0, 0.1) is 0 Å². The lowest BCUT2D eigenvalue weighted by Crippen LogP contribution is -2.34. The molecule has 1 N–H and O–H groups in total. The van der Waals surface area contributed by atoms with Crippen LogP contribution in [0.25, 0.3) is 0 Å². The van der Waals surface area contributed by atoms with Gasteiger partial charge >= 0.3 is 12.1 Å². The van der Waals surface area contributed by atoms with Crippen LogP contribution in [-0.4, -0.2) is 31.5 Å². The van der Waals surface area contributed by atoms with Gasteiger partial charge in [-0.2, -0.15) is 13.2 Å². The molecule has 0 aromatic heterocycles. The Hall–Kier alpha value is -3.36. The molecular formula is C18H14F3NO5. The number of ether oxygens (including phenoxy) is 2. The highest BCUT2D eigenvalue weighted by molar-refractivity contribution is 6.05. The third-order valence-electron chi connectivity index (χ3n) is 3.37. The van der Waals surface area contributed by atoms with Crippen LogP contribution in [0.5, 0.6) is 5.75 Å². The van der Waals surface area contributed by atoms with E-state index in [0.29, 0.717) is 11.8 Å². The second kappa shape index (κ2) is 8.35. The fourth-order valence-corrected chi connectivity index (χ4v) is 2.01. The van der Waals surface area contributed by atoms with Crippen LogP contribution in [0.1, 0.15) is 26.3 Å². The number of methoxy groups -OCH3 is 1. The number of benzene rings is 2. The number of esters is 1. The second-order valence-electron chi connectivity index (χ2n) is 5.26. The van der Waals surface area contributed by atoms with Crippen molar-refractivity contribution < 1.29 is 37.0 Å². The first kappa shape index (κ1) is 20.0. The molecule has 0 atom stereocenters. The van der Waals surface area contributed by atoms with Gasteiger partial charge in [0.25, 0.3) is 11.8 Å². The lowest BCUT2D eigenvalue weighted by atomic mass is 10.1. The predicted molar refractivity (Wildman–Crippen MR) is 87.2 cm³/mol. The summed E-state index contributed by atoms with van der Waals surface area (Å²) in [6.45, 7) is -0.822. The van der Waals surface area contributed by atoms with Crippen LogP contribution in [0.3, 0.4) is 0 Å². The Morgan fingerprint density at radius 3 is 2.26 bits per heavy atom. The van der Waals surface area contributed by atoms with Crippen molar-refractivity contribution in [3.8, 4) is 5.75 Å². The molecule has 6 nitrogen and oxygen atoms in total. The first-order valence-corrected chi connectivity index (χ1v) is 7.53. The van der Waals surface area contributed by atoms with Gasteiger partial charge in [0.1, 0.15) is 5.75 Å². The summed E-state index contributed by atoms with van der Waals surface area (Å²) in [4.78, 5) is 35.4. The van der Waals surface area contributed by atoms with Crippen molar-refractivity contribution in [1.29, 1.82) is 0 Å². The monoisotopic (exact) mass is 381 g/mol. The maximum Gasteiger partial charge on any atom is 0.416 e. The first-order valence-electron chi connectivity index (χ1n) is 7.53. The average Bonchev–Trinajstić information content (AvgIpc) is 2.65. The van der Waals surface area contributed by atoms with E-state index in [1.165, 1.54) is 31.4 Å². The number of halogens is 3. The third kappa shape index (κ3) is 5.56. The molecule has 27 heavy (non-hydrogen) atoms. The zero-order valence-corrected chi connectivity index (χ0v) is 14.0. The molecule has 2 amide bonds. The second-order valence-corrected chi connectivity index (χ2v) is 5.26. The van der Waals surface area contributed by atoms with Gasteiger partial charge < -0.3 is 9.47 Å². The van der Waals surface area contributed by atoms with E-state index in [1.54, 1.807) is 0 Å². The van der Waals surface area contributed by atoms with Crippen LogP contribution < -0.4 is 10.1 Å². The Morgan fingerprint density at radius 1 is 1.00 bits per heavy atom. The Morgan fingerprint density at radius 2 is 1.67 bits per heavy atom. The zero-order chi connectivity index (χ0) is 20.0. The topological polar surface area (TPSA) is 81.7 Å². The van der Waals surface area contributed by atoms with E-state index in [1.807, 2.05) is 5.32 Å². The van der Waals surface area contributed by atoms with E-state index in [4.69, 9.17) is 4.74 Å². The van der Waals surface area contributed by atoms with Gasteiger partial charge in [-0.05, 0) is 42.5 Å². The van der Waals surface area contributed by atoms with E-state index in [2.05, 4.69) is 4.74 Å². The maximum absolute atomic E-state index is 12.6. The molecule has 0 unspecified atom stereocenters. The number of hydrogen-bond acceptors (Lipinski definition) is 5. The molecule has 2 aromatic carbocycles. The molecule has 9 heteroatoms. The zero-order valence-electron chi connectivity index (χ0n) is 14.0. The summed E-state index contributed by atoms with van der Waals surface area (Å²) in [5.41, 5.74) is -1.21. The van der Waals surface area contributed by atoms with Crippen molar-refractivity contribution in [2.75, 3.05) is 13.7 Å². The van der Waals surface area contributed by atoms with Gasteiger partial charge in [0.15, 0.2) is 6.61 Å². The largest absolute Gasteiger partial charge is 0.497 e. The highest BCUT2D eigenvalue weighted by Crippen LogP contribution is 2.29. The number of alkyl halides is 3. The van der Waals surface area contributed by atoms with Gasteiger partial charge in [0.05, 0.1) is 18.2 Å². The lowest BCUT2D eigenvalue weighted by Gasteiger charge is -2.09. The number of nitrogens with one attached hydrogen (secondary N) is 1. The van der Waals surface area contributed by atoms with Crippen LogP contribution in [0.15, 0.2) is 48.5 Å². The van der Waals surface area contributed by atoms with Gasteiger partial charge in [0.2, 0.25) is 0 Å². The molecule has 142 valence electrons. The number of carbonyl (C=O) groups excluding carboxylic acids is 3. The molecule has 0 bridgehead atoms. The number of hydrogen-bond donors (Lipinski definition) is 1. The smallest absolute Gasteiger partial charge is 0.416 e. The van der Waals surface area contributed by atoms with Crippen LogP contribution in [0.4, 0.5) is 13.2 Å². The van der Waals surface area contributed by atoms with Crippen molar-refractivity contribution >= 4 is 17.8 Å². The average molecular weight is 381 g/mol. The van der Waals surface area contributed by atoms with Gasteiger partial charge in [-0.15, -0.1) is 0 Å². The quantitative estimate of drug-likeness (QED) is 0.806. The van der Waals surface area contributed by atoms with Gasteiger partial charge in [0, 0.05) is 5.56 Å². The highest BCUT2D eigenvalue weighted by Gasteiger charge is 2.31. The Balaban J connectivity index is 1.91. The van der Waals surface area contributed by atoms with E-state index < -0.39 is 36.1 Å². The highest BCUT2D eigenvalue weighted by atomic mass is 19.4. The summed E-state index contributed by atoms with van der Waals surface area (Å²) >= 11 is 0. The Labute approximate surface area is 151 Å². The molecule has 0 aliphatic carbocycles. The minimum absolute atomic E-state index is 0.174. The van der Waals surface area contributed by atoms with Crippen molar-refractivity contribution in [3.63, 3.8) is 0 Å². The lowest BCUT2D eigenvalue weighted by molar-refractivity contribution is -0.137. The van der Waals surface area contributed by atoms with Crippen molar-refractivity contribution in [2.45, 2.75) is 6.18 Å². The summed E-state index contributed by atoms with van der Waals surface area (Å²) < 4.78 is 47.5. The molecular weight excluding hydrogens is 367 g/mol. The Bertz CT molecular complexity index is 847. The third-order valence-corrected chi connectivity index (χ3v) is 3.37. The number of imide groups is 1. The van der Waals surface area contributed by atoms with Gasteiger partial charge in [-0.1, -0.05) is 6.07 Å². The summed E-state index contributed by atoms with van der Waals surface area (Å²) in [5, 5.41) is 2.00. The molecule has 0 heterocycles. The Kier molecular flexibility index (Phi) is 6.17. The summed E-state index contributed by atoms with van der Waals surface area (Å²) in [6, 6.07) is 9.48. The fourth-order valence-electron chi connectivity index (χ4n) is 2.01. The molecule has 0 spiro atoms. The van der Waals surface area contributed by atoms with Crippen LogP contribution in [0.2, 0.25) is 0 Å². The van der Waals surface area contributed by atoms with Crippen molar-refractivity contribution in [1.82, 2.24) is 5.32 Å². The summed E-state index contributed by atoms with van der Waals surface area (Å²) in [7, 11) is 1.46. The summed E-state index contributed by atoms with van der Waals surface area (Å²) in [6.07, 6.45) is -4.61. The minimum Gasteiger partial charge on any atom is -0.497 e. The molecule has 2 aromatic rings. The fraction of sp³-hybridized carbons (Fsp3) is 0.167. The molecule has 0 aliphatic heterocycles. The molecule has 2 rings (SSSR count). The van der Waals surface area contributed by atoms with E-state index in [0.717, 1.165) is 18.2 Å². The van der Waals surface area contributed by atoms with Gasteiger partial charge in [-0.3, -0.25) is 14.9 Å². The van der Waals surface area contributed by atoms with Crippen molar-refractivity contribution in [2.24, 2.45) is 0 Å². The number of rotatable bonds is 5. The molecule has 0 aliphatic rings. The predicted octanol–water partition coefficient (Wildman–Crippen LogP) is 2.83. The maximum atomic E-state index is 12.6. The van der Waals surface area contributed by atoms with Crippen molar-refractivity contribution in [3.05, 3.63) is 65.2 Å². The molecule has 0 saturated carbocycles. The first-order chi connectivity index (χ1) is 12.7. The minimum atomic E-state index is -4.61. The molecule has 0 radical (unpaired) electrons. The van der Waals surface area contributed by atoms with E-state index in [-0.39, 0.29) is 11.1 Å². The number of carbonyl (C=O) groups is 3. The van der Waals surface area contributed by atoms with Crippen LogP contribution >= 0.6 is 0 Å². The normalized spacial score (nSPS) is 10.8. The van der Waals surface area contributed by atoms with E-state index >= 15 is 0 Å². The van der Waals surface area contributed by atoms with Gasteiger partial charge in [-0.25, -0.2) is 4.79 Å². The summed E-state index contributed by atoms with van der Waals surface area (Å²) in [5.74, 6) is -2.24. The number of amides is 2. The van der Waals surface area contributed by atoms with Crippen LogP contribution in [-0.2, 0) is 15.7 Å². The standard InChI is InChI=1S/C18H14F3NO5/c1-26-14-7-5-11(6-8-14)16(24)22-15(23)10-27-17(25)12-3-2-4-13(9-12)18(19,20)21/h2-9H,10H2,1H3,(H,22,23,24). The van der Waals surface area contributed by atoms with E-state index in [9.17, 15) is 27.6 Å².